The van der Waals surface area contributed by atoms with E-state index < -0.39 is 6.10 Å². The number of aliphatic hydroxyl groups excluding tert-OH is 2. The van der Waals surface area contributed by atoms with Gasteiger partial charge >= 0.3 is 0 Å². The largest absolute Gasteiger partial charge is 0.394 e. The second-order valence-corrected chi connectivity index (χ2v) is 4.62. The first kappa shape index (κ1) is 15.8. The topological polar surface area (TPSA) is 86.6 Å². The minimum absolute atomic E-state index is 0.176. The molecule has 0 bridgehead atoms. The normalized spacial score (nSPS) is 30.2. The first-order valence-electron chi connectivity index (χ1n) is 6.27. The second kappa shape index (κ2) is 9.62. The lowest BCUT2D eigenvalue weighted by Crippen LogP contribution is -2.25. The Balaban J connectivity index is 2.41. The summed E-state index contributed by atoms with van der Waals surface area (Å²) in [4.78, 5) is 9.45. The van der Waals surface area contributed by atoms with Gasteiger partial charge in [-0.2, -0.15) is 0 Å². The standard InChI is InChI=1S/C11H22O7/c1-9-8-15-17-18-16-14-5-3-2-4-10(9)6-11(13)7-12/h9-13H,2-8H2,1H3. The van der Waals surface area contributed by atoms with Crippen LogP contribution in [0.3, 0.4) is 0 Å². The van der Waals surface area contributed by atoms with Crippen molar-refractivity contribution < 1.29 is 35.1 Å². The van der Waals surface area contributed by atoms with Crippen molar-refractivity contribution in [1.29, 1.82) is 0 Å². The molecule has 3 unspecified atom stereocenters. The van der Waals surface area contributed by atoms with Crippen molar-refractivity contribution in [2.24, 2.45) is 11.8 Å². The molecule has 0 radical (unpaired) electrons. The summed E-state index contributed by atoms with van der Waals surface area (Å²) in [5, 5.41) is 31.1. The number of hydrogen-bond acceptors (Lipinski definition) is 7. The lowest BCUT2D eigenvalue weighted by atomic mass is 9.85. The predicted molar refractivity (Wildman–Crippen MR) is 59.4 cm³/mol. The summed E-state index contributed by atoms with van der Waals surface area (Å²) in [5.74, 6) is 0.422. The lowest BCUT2D eigenvalue weighted by molar-refractivity contribution is -0.709. The van der Waals surface area contributed by atoms with Gasteiger partial charge < -0.3 is 10.2 Å². The van der Waals surface area contributed by atoms with Crippen LogP contribution in [0, 0.1) is 11.8 Å². The van der Waals surface area contributed by atoms with Crippen molar-refractivity contribution in [3.63, 3.8) is 0 Å². The Morgan fingerprint density at radius 3 is 2.72 bits per heavy atom. The van der Waals surface area contributed by atoms with Gasteiger partial charge in [-0.3, -0.25) is 0 Å². The highest BCUT2D eigenvalue weighted by Crippen LogP contribution is 2.24. The number of rotatable bonds is 3. The molecule has 1 saturated heterocycles. The Kier molecular flexibility index (Phi) is 8.44. The molecule has 3 atom stereocenters. The summed E-state index contributed by atoms with van der Waals surface area (Å²) in [6, 6.07) is 0. The van der Waals surface area contributed by atoms with Crippen molar-refractivity contribution >= 4 is 0 Å². The van der Waals surface area contributed by atoms with Gasteiger partial charge in [0, 0.05) is 0 Å². The van der Waals surface area contributed by atoms with Gasteiger partial charge in [-0.25, -0.2) is 9.78 Å². The summed E-state index contributed by atoms with van der Waals surface area (Å²) < 4.78 is 0. The van der Waals surface area contributed by atoms with Crippen LogP contribution < -0.4 is 0 Å². The maximum Gasteiger partial charge on any atom is 0.0883 e. The summed E-state index contributed by atoms with van der Waals surface area (Å²) >= 11 is 0. The number of hydrogen-bond donors (Lipinski definition) is 2. The molecular formula is C11H22O7. The quantitative estimate of drug-likeness (QED) is 0.734. The Labute approximate surface area is 106 Å². The van der Waals surface area contributed by atoms with Crippen molar-refractivity contribution in [3.8, 4) is 0 Å². The van der Waals surface area contributed by atoms with Gasteiger partial charge in [0.15, 0.2) is 0 Å². The van der Waals surface area contributed by atoms with Gasteiger partial charge in [0.05, 0.1) is 25.9 Å². The zero-order valence-corrected chi connectivity index (χ0v) is 10.6. The SMILES string of the molecule is CC1COOOOOCCCCC1CC(O)CO. The molecule has 0 aromatic heterocycles. The third kappa shape index (κ3) is 6.60. The molecule has 1 heterocycles. The molecule has 1 fully saturated rings. The van der Waals surface area contributed by atoms with Crippen LogP contribution in [0.2, 0.25) is 0 Å². The smallest absolute Gasteiger partial charge is 0.0883 e. The highest BCUT2D eigenvalue weighted by molar-refractivity contribution is 4.70. The molecule has 0 saturated carbocycles. The minimum Gasteiger partial charge on any atom is -0.394 e. The van der Waals surface area contributed by atoms with E-state index in [1.807, 2.05) is 6.92 Å². The molecule has 108 valence electrons. The summed E-state index contributed by atoms with van der Waals surface area (Å²) in [5.41, 5.74) is 0. The molecule has 1 aliphatic heterocycles. The van der Waals surface area contributed by atoms with E-state index in [4.69, 9.17) is 9.99 Å². The van der Waals surface area contributed by atoms with Crippen LogP contribution in [0.4, 0.5) is 0 Å². The molecular weight excluding hydrogens is 244 g/mol. The molecule has 1 aliphatic rings. The second-order valence-electron chi connectivity index (χ2n) is 4.62. The molecule has 18 heavy (non-hydrogen) atoms. The molecule has 7 heteroatoms. The van der Waals surface area contributed by atoms with Crippen molar-refractivity contribution in [2.45, 2.75) is 38.7 Å². The molecule has 2 N–H and O–H groups in total. The van der Waals surface area contributed by atoms with Gasteiger partial charge in [-0.15, -0.1) is 0 Å². The van der Waals surface area contributed by atoms with Crippen LogP contribution >= 0.6 is 0 Å². The molecule has 0 amide bonds. The summed E-state index contributed by atoms with van der Waals surface area (Å²) in [7, 11) is 0. The molecule has 0 spiro atoms. The van der Waals surface area contributed by atoms with E-state index in [1.165, 1.54) is 0 Å². The van der Waals surface area contributed by atoms with Crippen molar-refractivity contribution in [3.05, 3.63) is 0 Å². The van der Waals surface area contributed by atoms with Crippen LogP contribution in [0.5, 0.6) is 0 Å². The Morgan fingerprint density at radius 2 is 1.94 bits per heavy atom. The van der Waals surface area contributed by atoms with E-state index in [0.717, 1.165) is 19.3 Å². The third-order valence-electron chi connectivity index (χ3n) is 3.13. The number of aliphatic hydroxyl groups is 2. The summed E-state index contributed by atoms with van der Waals surface area (Å²) in [6.45, 7) is 2.49. The van der Waals surface area contributed by atoms with Crippen LogP contribution in [0.15, 0.2) is 0 Å². The van der Waals surface area contributed by atoms with Crippen molar-refractivity contribution in [2.75, 3.05) is 19.8 Å². The first-order chi connectivity index (χ1) is 8.74. The average molecular weight is 266 g/mol. The minimum atomic E-state index is -0.692. The Morgan fingerprint density at radius 1 is 1.17 bits per heavy atom. The predicted octanol–water partition coefficient (Wildman–Crippen LogP) is 0.909. The maximum absolute atomic E-state index is 9.53. The van der Waals surface area contributed by atoms with Crippen LogP contribution in [0.25, 0.3) is 0 Å². The van der Waals surface area contributed by atoms with Gasteiger partial charge in [-0.05, 0) is 46.2 Å². The van der Waals surface area contributed by atoms with Gasteiger partial charge in [0.1, 0.15) is 0 Å². The highest BCUT2D eigenvalue weighted by atomic mass is 17.8. The van der Waals surface area contributed by atoms with E-state index in [0.29, 0.717) is 19.6 Å². The molecule has 0 aromatic rings. The van der Waals surface area contributed by atoms with Gasteiger partial charge in [0.2, 0.25) is 0 Å². The zero-order valence-electron chi connectivity index (χ0n) is 10.6. The first-order valence-corrected chi connectivity index (χ1v) is 6.27. The van der Waals surface area contributed by atoms with Gasteiger partial charge in [-0.1, -0.05) is 13.3 Å². The molecule has 1 rings (SSSR count). The molecule has 0 aromatic carbocycles. The molecule has 0 aliphatic carbocycles. The highest BCUT2D eigenvalue weighted by Gasteiger charge is 2.21. The van der Waals surface area contributed by atoms with E-state index >= 15 is 0 Å². The van der Waals surface area contributed by atoms with Crippen LogP contribution in [-0.4, -0.2) is 36.1 Å². The van der Waals surface area contributed by atoms with Crippen molar-refractivity contribution in [1.82, 2.24) is 0 Å². The lowest BCUT2D eigenvalue weighted by Gasteiger charge is -2.25. The molecule has 7 nitrogen and oxygen atoms in total. The summed E-state index contributed by atoms with van der Waals surface area (Å²) in [6.07, 6.45) is 2.53. The van der Waals surface area contributed by atoms with Crippen LogP contribution in [-0.2, 0) is 24.9 Å². The fraction of sp³-hybridized carbons (Fsp3) is 1.00. The van der Waals surface area contributed by atoms with E-state index in [1.54, 1.807) is 0 Å². The van der Waals surface area contributed by atoms with Gasteiger partial charge in [0.25, 0.3) is 0 Å². The Hall–Kier alpha value is -0.280. The van der Waals surface area contributed by atoms with Crippen LogP contribution in [0.1, 0.15) is 32.6 Å². The average Bonchev–Trinajstić information content (AvgIpc) is 2.37. The van der Waals surface area contributed by atoms with E-state index in [9.17, 15) is 5.11 Å². The fourth-order valence-corrected chi connectivity index (χ4v) is 1.98. The Bertz CT molecular complexity index is 202. The fourth-order valence-electron chi connectivity index (χ4n) is 1.98. The van der Waals surface area contributed by atoms with E-state index in [2.05, 4.69) is 20.0 Å². The van der Waals surface area contributed by atoms with E-state index in [-0.39, 0.29) is 18.4 Å². The third-order valence-corrected chi connectivity index (χ3v) is 3.13. The zero-order chi connectivity index (χ0) is 13.2. The monoisotopic (exact) mass is 266 g/mol. The maximum atomic E-state index is 9.53.